The van der Waals surface area contributed by atoms with E-state index in [2.05, 4.69) is 57.8 Å². The van der Waals surface area contributed by atoms with Crippen molar-refractivity contribution < 1.29 is 19.7 Å². The summed E-state index contributed by atoms with van der Waals surface area (Å²) in [6.07, 6.45) is 6.25. The van der Waals surface area contributed by atoms with Crippen LogP contribution in [0.25, 0.3) is 25.5 Å². The Morgan fingerprint density at radius 1 is 0.850 bits per heavy atom. The molecule has 3 aromatic heterocycles. The molecule has 2 fully saturated rings. The van der Waals surface area contributed by atoms with Crippen LogP contribution >= 0.6 is 22.7 Å². The molecule has 1 spiro atoms. The van der Waals surface area contributed by atoms with Gasteiger partial charge in [0.1, 0.15) is 41.2 Å². The zero-order valence-electron chi connectivity index (χ0n) is 34.1. The van der Waals surface area contributed by atoms with Gasteiger partial charge in [-0.3, -0.25) is 19.3 Å². The van der Waals surface area contributed by atoms with Crippen molar-refractivity contribution in [2.75, 3.05) is 26.2 Å². The van der Waals surface area contributed by atoms with Crippen LogP contribution in [0.15, 0.2) is 96.0 Å². The molecule has 0 atom stereocenters. The highest BCUT2D eigenvalue weighted by atomic mass is 32.1. The number of carbonyl (C=O) groups excluding carboxylic acids is 1. The summed E-state index contributed by atoms with van der Waals surface area (Å²) in [5.41, 5.74) is 8.62. The molecule has 1 saturated carbocycles. The Labute approximate surface area is 357 Å². The van der Waals surface area contributed by atoms with Gasteiger partial charge in [0.2, 0.25) is 0 Å². The first kappa shape index (κ1) is 38.6. The number of hydrogen-bond donors (Lipinski definition) is 2. The average molecular weight is 834 g/mol. The van der Waals surface area contributed by atoms with Crippen molar-refractivity contribution in [1.29, 1.82) is 0 Å². The molecule has 5 heterocycles. The maximum absolute atomic E-state index is 14.0. The van der Waals surface area contributed by atoms with Gasteiger partial charge in [-0.2, -0.15) is 0 Å². The van der Waals surface area contributed by atoms with Crippen LogP contribution in [0, 0.1) is 32.1 Å². The average Bonchev–Trinajstić information content (AvgIpc) is 3.86. The first-order chi connectivity index (χ1) is 29.1. The number of aromatic hydroxyl groups is 2. The van der Waals surface area contributed by atoms with Crippen LogP contribution in [0.1, 0.15) is 80.4 Å². The van der Waals surface area contributed by atoms with Crippen LogP contribution < -0.4 is 4.74 Å². The highest BCUT2D eigenvalue weighted by Gasteiger charge is 2.45. The SMILES string of the molecule is Cc1sc2c(c1C)C(c1ccc(CC3CC4(CCN(CCOc5ccc(C(=O)c6c(-c7ccc(O)cc7)sc7cc(O)ccc67)cc5)CC4)C3)cc1)=NCc1nnc(C)n1-2. The number of aryl methyl sites for hydroxylation is 2. The number of carbonyl (C=O) groups is 1. The van der Waals surface area contributed by atoms with Gasteiger partial charge in [-0.15, -0.1) is 32.9 Å². The monoisotopic (exact) mass is 833 g/mol. The van der Waals surface area contributed by atoms with Crippen molar-refractivity contribution in [3.05, 3.63) is 141 Å². The van der Waals surface area contributed by atoms with E-state index in [0.717, 1.165) is 81.2 Å². The molecular formula is C49H47N5O4S2. The van der Waals surface area contributed by atoms with E-state index in [4.69, 9.17) is 9.73 Å². The molecule has 1 aliphatic carbocycles. The van der Waals surface area contributed by atoms with Crippen LogP contribution in [0.2, 0.25) is 0 Å². The third kappa shape index (κ3) is 7.12. The summed E-state index contributed by atoms with van der Waals surface area (Å²) >= 11 is 3.26. The molecule has 0 bridgehead atoms. The van der Waals surface area contributed by atoms with Crippen LogP contribution in [0.3, 0.4) is 0 Å². The number of fused-ring (bicyclic) bond motifs is 4. The molecule has 0 radical (unpaired) electrons. The van der Waals surface area contributed by atoms with Crippen LogP contribution in [-0.4, -0.2) is 67.6 Å². The number of nitrogens with zero attached hydrogens (tertiary/aromatic N) is 5. The number of thiophene rings is 2. The second kappa shape index (κ2) is 15.4. The third-order valence-electron chi connectivity index (χ3n) is 13.0. The Hall–Kier alpha value is -5.62. The normalized spacial score (nSPS) is 16.3. The fourth-order valence-electron chi connectivity index (χ4n) is 9.65. The number of rotatable bonds is 10. The zero-order valence-corrected chi connectivity index (χ0v) is 35.7. The van der Waals surface area contributed by atoms with Gasteiger partial charge in [0.15, 0.2) is 11.6 Å². The van der Waals surface area contributed by atoms with E-state index in [1.807, 2.05) is 43.3 Å². The number of piperidine rings is 1. The molecule has 7 aromatic rings. The summed E-state index contributed by atoms with van der Waals surface area (Å²) in [6, 6.07) is 28.5. The number of likely N-dealkylation sites (tertiary alicyclic amines) is 1. The number of benzene rings is 4. The number of phenols is 2. The molecule has 60 heavy (non-hydrogen) atoms. The lowest BCUT2D eigenvalue weighted by Gasteiger charge is -2.52. The van der Waals surface area contributed by atoms with Gasteiger partial charge in [-0.05, 0) is 161 Å². The predicted molar refractivity (Wildman–Crippen MR) is 240 cm³/mol. The van der Waals surface area contributed by atoms with E-state index in [-0.39, 0.29) is 17.3 Å². The summed E-state index contributed by atoms with van der Waals surface area (Å²) in [6.45, 7) is 10.6. The van der Waals surface area contributed by atoms with Gasteiger partial charge < -0.3 is 14.9 Å². The molecule has 2 N–H and O–H groups in total. The molecular weight excluding hydrogens is 787 g/mol. The van der Waals surface area contributed by atoms with Crippen molar-refractivity contribution in [1.82, 2.24) is 19.7 Å². The second-order valence-electron chi connectivity index (χ2n) is 16.9. The topological polar surface area (TPSA) is 113 Å². The minimum absolute atomic E-state index is 0.0915. The maximum Gasteiger partial charge on any atom is 0.195 e. The van der Waals surface area contributed by atoms with Crippen molar-refractivity contribution in [3.63, 3.8) is 0 Å². The molecule has 304 valence electrons. The van der Waals surface area contributed by atoms with Crippen LogP contribution in [0.4, 0.5) is 0 Å². The first-order valence-electron chi connectivity index (χ1n) is 20.8. The molecule has 9 nitrogen and oxygen atoms in total. The molecule has 3 aliphatic rings. The van der Waals surface area contributed by atoms with E-state index < -0.39 is 0 Å². The lowest BCUT2D eigenvalue weighted by Crippen LogP contribution is -2.48. The Morgan fingerprint density at radius 3 is 2.32 bits per heavy atom. The Kier molecular flexibility index (Phi) is 9.93. The van der Waals surface area contributed by atoms with E-state index in [1.54, 1.807) is 41.7 Å². The predicted octanol–water partition coefficient (Wildman–Crippen LogP) is 10.2. The number of aromatic nitrogens is 3. The fraction of sp³-hybridized carbons (Fsp3) is 0.306. The number of hydrogen-bond acceptors (Lipinski definition) is 10. The highest BCUT2D eigenvalue weighted by molar-refractivity contribution is 7.22. The molecule has 0 amide bonds. The number of ether oxygens (including phenoxy) is 1. The van der Waals surface area contributed by atoms with Gasteiger partial charge in [0.25, 0.3) is 0 Å². The van der Waals surface area contributed by atoms with E-state index in [1.165, 1.54) is 63.6 Å². The molecule has 0 unspecified atom stereocenters. The number of aliphatic imine (C=N–C) groups is 1. The van der Waals surface area contributed by atoms with E-state index >= 15 is 0 Å². The third-order valence-corrected chi connectivity index (χ3v) is 15.4. The number of ketones is 1. The van der Waals surface area contributed by atoms with Gasteiger partial charge in [-0.1, -0.05) is 24.3 Å². The Morgan fingerprint density at radius 2 is 1.57 bits per heavy atom. The molecule has 4 aromatic carbocycles. The van der Waals surface area contributed by atoms with Gasteiger partial charge in [-0.25, -0.2) is 0 Å². The van der Waals surface area contributed by atoms with Crippen LogP contribution in [0.5, 0.6) is 17.2 Å². The standard InChI is InChI=1S/C49H47N5O4S2/c1-29-30(2)59-48-43(29)45(50-28-42-52-51-31(3)54(42)48)34-6-4-32(5-7-34)24-33-26-49(27-33)18-20-53(21-19-49)22-23-58-39-15-10-35(11-16-39)46(57)44-40-17-14-38(56)25-41(40)60-47(44)36-8-12-37(55)13-9-36/h4-17,25,33,55-56H,18-24,26-28H2,1-3H3. The Bertz CT molecular complexity index is 2770. The van der Waals surface area contributed by atoms with Gasteiger partial charge in [0, 0.05) is 48.6 Å². The lowest BCUT2D eigenvalue weighted by atomic mass is 9.56. The summed E-state index contributed by atoms with van der Waals surface area (Å²) in [7, 11) is 0. The van der Waals surface area contributed by atoms with Crippen LogP contribution in [-0.2, 0) is 13.0 Å². The summed E-state index contributed by atoms with van der Waals surface area (Å²) in [4.78, 5) is 23.7. The smallest absolute Gasteiger partial charge is 0.195 e. The quantitative estimate of drug-likeness (QED) is 0.132. The largest absolute Gasteiger partial charge is 0.508 e. The lowest BCUT2D eigenvalue weighted by molar-refractivity contribution is -0.0150. The van der Waals surface area contributed by atoms with Crippen molar-refractivity contribution in [3.8, 4) is 32.7 Å². The van der Waals surface area contributed by atoms with Crippen molar-refractivity contribution in [2.45, 2.75) is 59.4 Å². The van der Waals surface area contributed by atoms with Crippen molar-refractivity contribution in [2.24, 2.45) is 16.3 Å². The van der Waals surface area contributed by atoms with Gasteiger partial charge in [0.05, 0.1) is 5.71 Å². The summed E-state index contributed by atoms with van der Waals surface area (Å²) in [5.74, 6) is 3.52. The maximum atomic E-state index is 14.0. The molecule has 11 heteroatoms. The minimum Gasteiger partial charge on any atom is -0.508 e. The zero-order chi connectivity index (χ0) is 41.1. The summed E-state index contributed by atoms with van der Waals surface area (Å²) < 4.78 is 9.19. The summed E-state index contributed by atoms with van der Waals surface area (Å²) in [5, 5.41) is 30.7. The van der Waals surface area contributed by atoms with Gasteiger partial charge >= 0.3 is 0 Å². The second-order valence-corrected chi connectivity index (χ2v) is 19.1. The first-order valence-corrected chi connectivity index (χ1v) is 22.4. The highest BCUT2D eigenvalue weighted by Crippen LogP contribution is 2.53. The van der Waals surface area contributed by atoms with E-state index in [0.29, 0.717) is 29.7 Å². The van der Waals surface area contributed by atoms with E-state index in [9.17, 15) is 15.0 Å². The molecule has 10 rings (SSSR count). The fourth-order valence-corrected chi connectivity index (χ4v) is 12.1. The van der Waals surface area contributed by atoms with Crippen molar-refractivity contribution >= 4 is 44.3 Å². The number of phenolic OH excluding ortho intramolecular Hbond substituents is 2. The minimum atomic E-state index is -0.0915. The molecule has 2 aliphatic heterocycles. The molecule has 1 saturated heterocycles. The Balaban J connectivity index is 0.706.